The number of nitrogens with two attached hydrogens (primary N) is 1. The van der Waals surface area contributed by atoms with Gasteiger partial charge in [0.1, 0.15) is 5.69 Å². The molecule has 0 saturated carbocycles. The molecule has 0 bridgehead atoms. The minimum atomic E-state index is -0.850. The molecule has 2 aromatic heterocycles. The fraction of sp³-hybridized carbons (Fsp3) is 0.400. The summed E-state index contributed by atoms with van der Waals surface area (Å²) in [4.78, 5) is 51.6. The zero-order chi connectivity index (χ0) is 28.5. The number of amides is 2. The highest BCUT2D eigenvalue weighted by Crippen LogP contribution is 2.25. The van der Waals surface area contributed by atoms with E-state index in [1.54, 1.807) is 31.5 Å². The lowest BCUT2D eigenvalue weighted by atomic mass is 9.99. The third-order valence-electron chi connectivity index (χ3n) is 7.16. The van der Waals surface area contributed by atoms with Crippen LogP contribution in [0.25, 0.3) is 11.5 Å². The summed E-state index contributed by atoms with van der Waals surface area (Å²) in [5, 5.41) is 2.85. The zero-order valence-electron chi connectivity index (χ0n) is 23.1. The molecular weight excluding hydrogens is 508 g/mol. The van der Waals surface area contributed by atoms with Crippen LogP contribution in [0.1, 0.15) is 41.6 Å². The number of aryl methyl sites for hydroxylation is 1. The van der Waals surface area contributed by atoms with E-state index in [1.807, 2.05) is 30.3 Å². The Kier molecular flexibility index (Phi) is 10.2. The molecule has 10 nitrogen and oxygen atoms in total. The molecule has 2 atom stereocenters. The van der Waals surface area contributed by atoms with Gasteiger partial charge in [0.2, 0.25) is 23.5 Å². The number of benzene rings is 1. The van der Waals surface area contributed by atoms with Crippen LogP contribution >= 0.6 is 0 Å². The van der Waals surface area contributed by atoms with Crippen molar-refractivity contribution in [2.24, 2.45) is 11.7 Å². The van der Waals surface area contributed by atoms with Crippen LogP contribution in [-0.4, -0.2) is 76.6 Å². The second-order valence-corrected chi connectivity index (χ2v) is 10.3. The normalized spacial score (nSPS) is 15.8. The molecule has 1 aliphatic heterocycles. The van der Waals surface area contributed by atoms with Crippen LogP contribution < -0.4 is 11.1 Å². The molecule has 2 amide bonds. The van der Waals surface area contributed by atoms with E-state index in [4.69, 9.17) is 15.1 Å². The number of ketones is 1. The average molecular weight is 546 g/mol. The fourth-order valence-corrected chi connectivity index (χ4v) is 4.50. The van der Waals surface area contributed by atoms with E-state index in [2.05, 4.69) is 27.1 Å². The number of piperazine rings is 1. The van der Waals surface area contributed by atoms with Gasteiger partial charge in [-0.2, -0.15) is 0 Å². The maximum Gasteiger partial charge on any atom is 0.227 e. The van der Waals surface area contributed by atoms with E-state index < -0.39 is 23.8 Å². The molecule has 1 radical (unpaired) electrons. The summed E-state index contributed by atoms with van der Waals surface area (Å²) < 4.78 is 6.12. The number of carbonyl (C=O) groups is 3. The third kappa shape index (κ3) is 8.06. The number of oxazole rings is 1. The minimum absolute atomic E-state index is 0.148. The van der Waals surface area contributed by atoms with Gasteiger partial charge in [-0.3, -0.25) is 24.3 Å². The van der Waals surface area contributed by atoms with Gasteiger partial charge in [0, 0.05) is 56.6 Å². The van der Waals surface area contributed by atoms with Crippen molar-refractivity contribution < 1.29 is 18.8 Å². The average Bonchev–Trinajstić information content (AvgIpc) is 3.39. The number of pyridine rings is 1. The number of nitrogens with zero attached hydrogens (tertiary/aromatic N) is 4. The molecule has 211 valence electrons. The van der Waals surface area contributed by atoms with E-state index in [0.717, 1.165) is 31.7 Å². The molecule has 0 aliphatic carbocycles. The standard InChI is InChI=1S/C30H37N6O4/c1-21(29(31)39)8-11-26(37)33-24(10-9-22-6-4-3-5-7-22)27(38)28-25(20-36-18-16-35(2)17-19-36)34-30(40-28)23-12-14-32-15-13-23/h3-7,11-15,21,24H,8-10,16-20H2,1-2H3,(H2,31,39)(H,33,37). The molecular formula is C30H37N6O4. The van der Waals surface area contributed by atoms with Gasteiger partial charge in [-0.15, -0.1) is 0 Å². The smallest absolute Gasteiger partial charge is 0.227 e. The Morgan fingerprint density at radius 1 is 1.07 bits per heavy atom. The summed E-state index contributed by atoms with van der Waals surface area (Å²) >= 11 is 0. The summed E-state index contributed by atoms with van der Waals surface area (Å²) in [6, 6.07) is 12.5. The summed E-state index contributed by atoms with van der Waals surface area (Å²) in [7, 11) is 2.09. The van der Waals surface area contributed by atoms with Crippen LogP contribution in [0.5, 0.6) is 0 Å². The van der Waals surface area contributed by atoms with Crippen molar-refractivity contribution in [2.45, 2.75) is 38.8 Å². The molecule has 3 aromatic rings. The number of aromatic nitrogens is 2. The van der Waals surface area contributed by atoms with Crippen LogP contribution in [0.15, 0.2) is 59.3 Å². The summed E-state index contributed by atoms with van der Waals surface area (Å²) in [5.41, 5.74) is 7.65. The van der Waals surface area contributed by atoms with Gasteiger partial charge in [-0.1, -0.05) is 37.3 Å². The van der Waals surface area contributed by atoms with Crippen LogP contribution in [0.3, 0.4) is 0 Å². The van der Waals surface area contributed by atoms with E-state index in [1.165, 1.54) is 6.42 Å². The first kappa shape index (κ1) is 29.1. The molecule has 1 saturated heterocycles. The van der Waals surface area contributed by atoms with Crippen LogP contribution in [0, 0.1) is 12.3 Å². The van der Waals surface area contributed by atoms with Gasteiger partial charge in [0.05, 0.1) is 12.5 Å². The lowest BCUT2D eigenvalue weighted by Crippen LogP contribution is -2.44. The molecule has 40 heavy (non-hydrogen) atoms. The van der Waals surface area contributed by atoms with Crippen LogP contribution in [0.4, 0.5) is 0 Å². The molecule has 1 fully saturated rings. The van der Waals surface area contributed by atoms with Crippen molar-refractivity contribution in [3.8, 4) is 11.5 Å². The van der Waals surface area contributed by atoms with E-state index in [0.29, 0.717) is 36.5 Å². The molecule has 1 aliphatic rings. The minimum Gasteiger partial charge on any atom is -0.433 e. The number of carbonyl (C=O) groups excluding carboxylic acids is 3. The molecule has 1 aromatic carbocycles. The second-order valence-electron chi connectivity index (χ2n) is 10.3. The van der Waals surface area contributed by atoms with Gasteiger partial charge in [0.15, 0.2) is 5.76 Å². The van der Waals surface area contributed by atoms with Crippen LogP contribution in [0.2, 0.25) is 0 Å². The maximum absolute atomic E-state index is 14.0. The number of hydrogen-bond acceptors (Lipinski definition) is 8. The highest BCUT2D eigenvalue weighted by molar-refractivity contribution is 6.01. The van der Waals surface area contributed by atoms with Crippen molar-refractivity contribution in [2.75, 3.05) is 33.2 Å². The molecule has 2 unspecified atom stereocenters. The van der Waals surface area contributed by atoms with E-state index >= 15 is 0 Å². The lowest BCUT2D eigenvalue weighted by Gasteiger charge is -2.31. The number of likely N-dealkylation sites (N-methyl/N-ethyl adjacent to an activating group) is 1. The quantitative estimate of drug-likeness (QED) is 0.313. The Hall–Kier alpha value is -3.89. The summed E-state index contributed by atoms with van der Waals surface area (Å²) in [6.07, 6.45) is 5.79. The summed E-state index contributed by atoms with van der Waals surface area (Å²) in [6.45, 7) is 5.67. The Morgan fingerprint density at radius 3 is 2.45 bits per heavy atom. The predicted octanol–water partition coefficient (Wildman–Crippen LogP) is 2.50. The number of Topliss-reactive ketones (excluding diaryl/α,β-unsaturated/α-hetero) is 1. The predicted molar refractivity (Wildman–Crippen MR) is 151 cm³/mol. The van der Waals surface area contributed by atoms with Gasteiger partial charge < -0.3 is 20.4 Å². The topological polar surface area (TPSA) is 135 Å². The summed E-state index contributed by atoms with van der Waals surface area (Å²) in [5.74, 6) is -1.26. The SMILES string of the molecule is CC(C[CH]C(=O)NC(CCc1ccccc1)C(=O)c1oc(-c2ccncc2)nc1CN1CCN(C)CC1)C(N)=O. The van der Waals surface area contributed by atoms with Crippen LogP contribution in [-0.2, 0) is 22.6 Å². The molecule has 4 rings (SSSR count). The number of nitrogens with one attached hydrogen (secondary N) is 1. The Balaban J connectivity index is 1.59. The maximum atomic E-state index is 14.0. The van der Waals surface area contributed by atoms with Gasteiger partial charge >= 0.3 is 0 Å². The Morgan fingerprint density at radius 2 is 1.77 bits per heavy atom. The lowest BCUT2D eigenvalue weighted by molar-refractivity contribution is -0.121. The van der Waals surface area contributed by atoms with E-state index in [9.17, 15) is 14.4 Å². The first-order chi connectivity index (χ1) is 19.3. The molecule has 0 spiro atoms. The van der Waals surface area contributed by atoms with E-state index in [-0.39, 0.29) is 18.0 Å². The first-order valence-corrected chi connectivity index (χ1v) is 13.6. The van der Waals surface area contributed by atoms with Crippen molar-refractivity contribution in [1.29, 1.82) is 0 Å². The Bertz CT molecular complexity index is 1270. The number of rotatable bonds is 13. The highest BCUT2D eigenvalue weighted by Gasteiger charge is 2.30. The zero-order valence-corrected chi connectivity index (χ0v) is 23.1. The van der Waals surface area contributed by atoms with Crippen molar-refractivity contribution in [1.82, 2.24) is 25.1 Å². The number of primary amides is 1. The molecule has 10 heteroatoms. The number of hydrogen-bond donors (Lipinski definition) is 2. The fourth-order valence-electron chi connectivity index (χ4n) is 4.50. The first-order valence-electron chi connectivity index (χ1n) is 13.6. The molecule has 3 N–H and O–H groups in total. The monoisotopic (exact) mass is 545 g/mol. The highest BCUT2D eigenvalue weighted by atomic mass is 16.4. The van der Waals surface area contributed by atoms with Crippen molar-refractivity contribution >= 4 is 17.6 Å². The Labute approximate surface area is 235 Å². The van der Waals surface area contributed by atoms with Crippen molar-refractivity contribution in [3.05, 3.63) is 78.3 Å². The third-order valence-corrected chi connectivity index (χ3v) is 7.16. The van der Waals surface area contributed by atoms with Gasteiger partial charge in [0.25, 0.3) is 0 Å². The van der Waals surface area contributed by atoms with Crippen molar-refractivity contribution in [3.63, 3.8) is 0 Å². The van der Waals surface area contributed by atoms with Gasteiger partial charge in [-0.05, 0) is 44.0 Å². The second kappa shape index (κ2) is 14.0. The van der Waals surface area contributed by atoms with Gasteiger partial charge in [-0.25, -0.2) is 4.98 Å². The molecule has 3 heterocycles. The largest absolute Gasteiger partial charge is 0.433 e.